The summed E-state index contributed by atoms with van der Waals surface area (Å²) in [6.07, 6.45) is 4.72. The van der Waals surface area contributed by atoms with E-state index in [1.807, 2.05) is 13.0 Å². The molecule has 1 heterocycles. The lowest BCUT2D eigenvalue weighted by Gasteiger charge is -2.25. The number of nitrogens with two attached hydrogens (primary N) is 1. The van der Waals surface area contributed by atoms with Gasteiger partial charge in [-0.25, -0.2) is 4.79 Å². The van der Waals surface area contributed by atoms with E-state index in [1.54, 1.807) is 0 Å². The van der Waals surface area contributed by atoms with Crippen LogP contribution in [0.15, 0.2) is 11.6 Å². The molecule has 1 aliphatic heterocycles. The van der Waals surface area contributed by atoms with Crippen molar-refractivity contribution in [3.05, 3.63) is 11.6 Å². The average molecular weight is 197 g/mol. The number of hydrogen-bond donors (Lipinski definition) is 1. The molecule has 1 atom stereocenters. The minimum absolute atomic E-state index is 0.0568. The number of carbonyl (C=O) groups is 2. The van der Waals surface area contributed by atoms with Crippen molar-refractivity contribution in [1.29, 1.82) is 0 Å². The van der Waals surface area contributed by atoms with Crippen LogP contribution >= 0.6 is 0 Å². The molecule has 0 radical (unpaired) electrons. The van der Waals surface area contributed by atoms with E-state index in [9.17, 15) is 9.59 Å². The predicted octanol–water partition coefficient (Wildman–Crippen LogP) is 0.904. The molecular formula is C10H15NO3. The number of rotatable bonds is 5. The number of cyclic esters (lactones) is 1. The highest BCUT2D eigenvalue weighted by Crippen LogP contribution is 2.21. The van der Waals surface area contributed by atoms with Gasteiger partial charge in [-0.2, -0.15) is 0 Å². The largest absolute Gasteiger partial charge is 0.454 e. The molecule has 1 amide bonds. The van der Waals surface area contributed by atoms with E-state index in [-0.39, 0.29) is 18.0 Å². The Kier molecular flexibility index (Phi) is 3.68. The molecule has 14 heavy (non-hydrogen) atoms. The first-order valence-electron chi connectivity index (χ1n) is 4.80. The van der Waals surface area contributed by atoms with Crippen molar-refractivity contribution in [2.45, 2.75) is 38.7 Å². The molecule has 0 aromatic carbocycles. The lowest BCUT2D eigenvalue weighted by molar-refractivity contribution is -0.154. The van der Waals surface area contributed by atoms with Crippen molar-refractivity contribution in [2.75, 3.05) is 0 Å². The summed E-state index contributed by atoms with van der Waals surface area (Å²) in [5.74, 6) is -0.485. The van der Waals surface area contributed by atoms with Gasteiger partial charge in [0.25, 0.3) is 0 Å². The maximum atomic E-state index is 10.8. The summed E-state index contributed by atoms with van der Waals surface area (Å²) >= 11 is 0. The van der Waals surface area contributed by atoms with Gasteiger partial charge >= 0.3 is 5.97 Å². The fourth-order valence-corrected chi connectivity index (χ4v) is 1.35. The summed E-state index contributed by atoms with van der Waals surface area (Å²) in [4.78, 5) is 21.2. The number of allylic oxidation sites excluding steroid dienone is 1. The van der Waals surface area contributed by atoms with Crippen LogP contribution in [0.3, 0.4) is 0 Å². The number of esters is 1. The third-order valence-corrected chi connectivity index (χ3v) is 2.20. The highest BCUT2D eigenvalue weighted by molar-refractivity contribution is 5.95. The molecule has 0 spiro atoms. The number of unbranched alkanes of at least 4 members (excludes halogenated alkanes) is 2. The number of ether oxygens (including phenoxy) is 1. The van der Waals surface area contributed by atoms with E-state index in [1.165, 1.54) is 0 Å². The molecule has 4 heteroatoms. The van der Waals surface area contributed by atoms with Crippen LogP contribution in [0, 0.1) is 0 Å². The molecule has 0 saturated carbocycles. The molecule has 1 unspecified atom stereocenters. The molecule has 1 rings (SSSR count). The Labute approximate surface area is 83.1 Å². The average Bonchev–Trinajstić information content (AvgIpc) is 2.10. The van der Waals surface area contributed by atoms with Gasteiger partial charge in [-0.05, 0) is 26.2 Å². The van der Waals surface area contributed by atoms with E-state index in [0.717, 1.165) is 24.8 Å². The van der Waals surface area contributed by atoms with Gasteiger partial charge in [-0.1, -0.05) is 6.08 Å². The Morgan fingerprint density at radius 1 is 1.57 bits per heavy atom. The minimum Gasteiger partial charge on any atom is -0.454 e. The van der Waals surface area contributed by atoms with Crippen molar-refractivity contribution in [3.63, 3.8) is 0 Å². The molecule has 4 nitrogen and oxygen atoms in total. The van der Waals surface area contributed by atoms with Gasteiger partial charge in [0.2, 0.25) is 5.91 Å². The van der Waals surface area contributed by atoms with Crippen LogP contribution in [0.1, 0.15) is 32.6 Å². The molecule has 2 N–H and O–H groups in total. The Balaban J connectivity index is 2.14. The molecular weight excluding hydrogens is 182 g/mol. The van der Waals surface area contributed by atoms with Crippen LogP contribution < -0.4 is 5.73 Å². The second-order valence-corrected chi connectivity index (χ2v) is 3.42. The van der Waals surface area contributed by atoms with E-state index >= 15 is 0 Å². The third-order valence-electron chi connectivity index (χ3n) is 2.20. The van der Waals surface area contributed by atoms with Crippen LogP contribution in [0.5, 0.6) is 0 Å². The van der Waals surface area contributed by atoms with Gasteiger partial charge in [0.1, 0.15) is 6.10 Å². The molecule has 0 aromatic rings. The summed E-state index contributed by atoms with van der Waals surface area (Å²) in [5, 5.41) is 0. The molecule has 0 bridgehead atoms. The third kappa shape index (κ3) is 2.87. The van der Waals surface area contributed by atoms with Crippen molar-refractivity contribution in [3.8, 4) is 0 Å². The van der Waals surface area contributed by atoms with Crippen molar-refractivity contribution < 1.29 is 14.3 Å². The summed E-state index contributed by atoms with van der Waals surface area (Å²) in [6.45, 7) is 1.84. The summed E-state index contributed by atoms with van der Waals surface area (Å²) in [5.41, 5.74) is 5.74. The lowest BCUT2D eigenvalue weighted by Crippen LogP contribution is -2.33. The molecule has 1 saturated heterocycles. The number of primary amides is 1. The summed E-state index contributed by atoms with van der Waals surface area (Å²) < 4.78 is 4.77. The van der Waals surface area contributed by atoms with E-state index in [4.69, 9.17) is 10.5 Å². The summed E-state index contributed by atoms with van der Waals surface area (Å²) in [7, 11) is 0. The second kappa shape index (κ2) is 4.79. The first-order chi connectivity index (χ1) is 6.61. The zero-order chi connectivity index (χ0) is 10.6. The van der Waals surface area contributed by atoms with Crippen LogP contribution in [0.25, 0.3) is 0 Å². The summed E-state index contributed by atoms with van der Waals surface area (Å²) in [6, 6.07) is 0. The van der Waals surface area contributed by atoms with Crippen LogP contribution in [0.4, 0.5) is 0 Å². The van der Waals surface area contributed by atoms with Crippen LogP contribution in [0.2, 0.25) is 0 Å². The molecule has 1 fully saturated rings. The van der Waals surface area contributed by atoms with E-state index < -0.39 is 0 Å². The van der Waals surface area contributed by atoms with Gasteiger partial charge in [-0.15, -0.1) is 0 Å². The topological polar surface area (TPSA) is 69.4 Å². The van der Waals surface area contributed by atoms with Crippen LogP contribution in [-0.2, 0) is 14.3 Å². The smallest absolute Gasteiger partial charge is 0.338 e. The molecule has 78 valence electrons. The standard InChI is InChI=1S/C10H15NO3/c1-7-8(10(13)14-7)5-3-2-4-6-9(11)12/h5,7H,2-4,6H2,1H3,(H2,11,12)/b8-5+. The molecule has 1 aliphatic rings. The normalized spacial score (nSPS) is 23.1. The fraction of sp³-hybridized carbons (Fsp3) is 0.600. The Hall–Kier alpha value is -1.32. The lowest BCUT2D eigenvalue weighted by atomic mass is 10.0. The minimum atomic E-state index is -0.269. The van der Waals surface area contributed by atoms with Gasteiger partial charge < -0.3 is 10.5 Å². The highest BCUT2D eigenvalue weighted by Gasteiger charge is 2.30. The van der Waals surface area contributed by atoms with Gasteiger partial charge in [0, 0.05) is 6.42 Å². The SMILES string of the molecule is CC1OC(=O)/C1=C/CCCCC(N)=O. The number of carbonyl (C=O) groups excluding carboxylic acids is 2. The zero-order valence-electron chi connectivity index (χ0n) is 8.29. The van der Waals surface area contributed by atoms with E-state index in [2.05, 4.69) is 0 Å². The monoisotopic (exact) mass is 197 g/mol. The van der Waals surface area contributed by atoms with Crippen molar-refractivity contribution in [2.24, 2.45) is 5.73 Å². The number of hydrogen-bond acceptors (Lipinski definition) is 3. The van der Waals surface area contributed by atoms with Gasteiger partial charge in [0.15, 0.2) is 0 Å². The van der Waals surface area contributed by atoms with Crippen molar-refractivity contribution in [1.82, 2.24) is 0 Å². The Morgan fingerprint density at radius 3 is 2.79 bits per heavy atom. The van der Waals surface area contributed by atoms with E-state index in [0.29, 0.717) is 6.42 Å². The van der Waals surface area contributed by atoms with Crippen molar-refractivity contribution >= 4 is 11.9 Å². The Bertz CT molecular complexity index is 271. The second-order valence-electron chi connectivity index (χ2n) is 3.42. The van der Waals surface area contributed by atoms with Gasteiger partial charge in [0.05, 0.1) is 5.57 Å². The highest BCUT2D eigenvalue weighted by atomic mass is 16.6. The first-order valence-corrected chi connectivity index (χ1v) is 4.80. The van der Waals surface area contributed by atoms with Crippen LogP contribution in [-0.4, -0.2) is 18.0 Å². The Morgan fingerprint density at radius 2 is 2.29 bits per heavy atom. The zero-order valence-corrected chi connectivity index (χ0v) is 8.29. The fourth-order valence-electron chi connectivity index (χ4n) is 1.35. The maximum Gasteiger partial charge on any atom is 0.338 e. The van der Waals surface area contributed by atoms with Gasteiger partial charge in [-0.3, -0.25) is 4.79 Å². The maximum absolute atomic E-state index is 10.8. The number of amides is 1. The quantitative estimate of drug-likeness (QED) is 0.404. The molecule has 0 aliphatic carbocycles. The predicted molar refractivity (Wildman–Crippen MR) is 51.3 cm³/mol. The first kappa shape index (κ1) is 10.8. The molecule has 0 aromatic heterocycles.